The van der Waals surface area contributed by atoms with Crippen LogP contribution in [0.25, 0.3) is 0 Å². The van der Waals surface area contributed by atoms with E-state index in [1.54, 1.807) is 0 Å². The molecule has 2 aliphatic carbocycles. The van der Waals surface area contributed by atoms with Gasteiger partial charge in [-0.15, -0.1) is 0 Å². The highest BCUT2D eigenvalue weighted by Gasteiger charge is 2.67. The van der Waals surface area contributed by atoms with Gasteiger partial charge in [0.15, 0.2) is 11.7 Å². The minimum atomic E-state index is -0.671. The Balaban J connectivity index is 2.08. The van der Waals surface area contributed by atoms with Gasteiger partial charge in [0.25, 0.3) is 0 Å². The van der Waals surface area contributed by atoms with Gasteiger partial charge in [0, 0.05) is 18.8 Å². The van der Waals surface area contributed by atoms with Gasteiger partial charge in [-0.2, -0.15) is 0 Å². The summed E-state index contributed by atoms with van der Waals surface area (Å²) in [5, 5.41) is 0. The fourth-order valence-corrected chi connectivity index (χ4v) is 4.90. The van der Waals surface area contributed by atoms with Crippen molar-refractivity contribution in [3.8, 4) is 0 Å². The van der Waals surface area contributed by atoms with Gasteiger partial charge in [-0.3, -0.25) is 9.59 Å². The minimum Gasteiger partial charge on any atom is -0.454 e. The van der Waals surface area contributed by atoms with Crippen molar-refractivity contribution in [3.63, 3.8) is 0 Å². The van der Waals surface area contributed by atoms with Crippen molar-refractivity contribution in [1.82, 2.24) is 0 Å². The summed E-state index contributed by atoms with van der Waals surface area (Å²) in [6, 6.07) is 0. The van der Waals surface area contributed by atoms with Crippen LogP contribution in [0.1, 0.15) is 46.5 Å². The maximum Gasteiger partial charge on any atom is 0.309 e. The van der Waals surface area contributed by atoms with E-state index in [1.165, 1.54) is 6.92 Å². The molecule has 0 amide bonds. The van der Waals surface area contributed by atoms with E-state index in [9.17, 15) is 9.59 Å². The molecule has 0 bridgehead atoms. The Kier molecular flexibility index (Phi) is 3.38. The summed E-state index contributed by atoms with van der Waals surface area (Å²) in [5.74, 6) is 0.275. The molecule has 0 aromatic rings. The lowest BCUT2D eigenvalue weighted by atomic mass is 9.55. The molecule has 6 atom stereocenters. The van der Waals surface area contributed by atoms with Crippen molar-refractivity contribution in [3.05, 3.63) is 12.2 Å². The number of hydrogen-bond acceptors (Lipinski definition) is 4. The standard InChI is InChI=1S/C17H24O4/c1-9-5-8-14-11(3)16(19)21-17(14)13(9)7-6-10(2)15(17)20-12(4)18/h9,11,13-15H,2,5-8H2,1,3-4H3/t9-,11+,13+,14+,15-,17-/m1/s1. The molecular formula is C17H24O4. The molecule has 0 aromatic carbocycles. The third-order valence-electron chi connectivity index (χ3n) is 5.87. The van der Waals surface area contributed by atoms with Crippen molar-refractivity contribution in [1.29, 1.82) is 0 Å². The predicted molar refractivity (Wildman–Crippen MR) is 77.3 cm³/mol. The van der Waals surface area contributed by atoms with E-state index in [4.69, 9.17) is 9.47 Å². The van der Waals surface area contributed by atoms with Crippen LogP contribution < -0.4 is 0 Å². The van der Waals surface area contributed by atoms with Crippen LogP contribution in [0.5, 0.6) is 0 Å². The van der Waals surface area contributed by atoms with E-state index in [2.05, 4.69) is 13.5 Å². The fourth-order valence-electron chi connectivity index (χ4n) is 4.90. The van der Waals surface area contributed by atoms with Crippen LogP contribution in [0.2, 0.25) is 0 Å². The Morgan fingerprint density at radius 1 is 1.29 bits per heavy atom. The molecule has 1 spiro atoms. The molecule has 116 valence electrons. The van der Waals surface area contributed by atoms with E-state index in [0.717, 1.165) is 31.3 Å². The average Bonchev–Trinajstić information content (AvgIpc) is 2.66. The van der Waals surface area contributed by atoms with Crippen LogP contribution in [0.4, 0.5) is 0 Å². The molecule has 21 heavy (non-hydrogen) atoms. The summed E-state index contributed by atoms with van der Waals surface area (Å²) in [6.45, 7) is 9.68. The zero-order valence-corrected chi connectivity index (χ0v) is 13.1. The van der Waals surface area contributed by atoms with Gasteiger partial charge < -0.3 is 9.47 Å². The van der Waals surface area contributed by atoms with Gasteiger partial charge in [-0.1, -0.05) is 20.4 Å². The first-order valence-corrected chi connectivity index (χ1v) is 7.95. The Labute approximate surface area is 125 Å². The first-order valence-electron chi connectivity index (χ1n) is 7.95. The Bertz CT molecular complexity index is 497. The molecule has 0 N–H and O–H groups in total. The van der Waals surface area contributed by atoms with Crippen LogP contribution in [0.3, 0.4) is 0 Å². The molecule has 2 saturated carbocycles. The van der Waals surface area contributed by atoms with Crippen LogP contribution in [-0.2, 0) is 19.1 Å². The van der Waals surface area contributed by atoms with Gasteiger partial charge in [-0.25, -0.2) is 0 Å². The molecule has 1 heterocycles. The molecule has 3 aliphatic rings. The molecule has 3 rings (SSSR count). The smallest absolute Gasteiger partial charge is 0.309 e. The monoisotopic (exact) mass is 292 g/mol. The van der Waals surface area contributed by atoms with E-state index in [1.807, 2.05) is 6.92 Å². The normalized spacial score (nSPS) is 45.6. The number of ether oxygens (including phenoxy) is 2. The first-order chi connectivity index (χ1) is 9.87. The summed E-state index contributed by atoms with van der Waals surface area (Å²) in [7, 11) is 0. The van der Waals surface area contributed by atoms with E-state index in [0.29, 0.717) is 5.92 Å². The van der Waals surface area contributed by atoms with Gasteiger partial charge in [0.2, 0.25) is 0 Å². The first kappa shape index (κ1) is 14.6. The number of hydrogen-bond donors (Lipinski definition) is 0. The maximum absolute atomic E-state index is 12.2. The lowest BCUT2D eigenvalue weighted by molar-refractivity contribution is -0.201. The SMILES string of the molecule is C=C1CC[C@H]2[C@H](C)CC[C@H]3[C@H](C)C(=O)O[C@]23[C@@H]1OC(C)=O. The summed E-state index contributed by atoms with van der Waals surface area (Å²) in [5.41, 5.74) is 0.220. The molecule has 1 saturated heterocycles. The highest BCUT2D eigenvalue weighted by Crippen LogP contribution is 2.59. The van der Waals surface area contributed by atoms with Crippen molar-refractivity contribution in [2.75, 3.05) is 0 Å². The van der Waals surface area contributed by atoms with Gasteiger partial charge >= 0.3 is 11.9 Å². The lowest BCUT2D eigenvalue weighted by Gasteiger charge is -2.54. The maximum atomic E-state index is 12.2. The zero-order valence-electron chi connectivity index (χ0n) is 13.1. The Hall–Kier alpha value is -1.32. The number of carbonyl (C=O) groups is 2. The zero-order chi connectivity index (χ0) is 15.4. The fraction of sp³-hybridized carbons (Fsp3) is 0.765. The number of rotatable bonds is 1. The highest BCUT2D eigenvalue weighted by atomic mass is 16.6. The van der Waals surface area contributed by atoms with Crippen LogP contribution in [0, 0.1) is 23.7 Å². The molecule has 4 nitrogen and oxygen atoms in total. The second kappa shape index (κ2) is 4.85. The minimum absolute atomic E-state index is 0.121. The van der Waals surface area contributed by atoms with Crippen LogP contribution in [-0.4, -0.2) is 23.6 Å². The van der Waals surface area contributed by atoms with Crippen molar-refractivity contribution < 1.29 is 19.1 Å². The second-order valence-corrected chi connectivity index (χ2v) is 7.02. The lowest BCUT2D eigenvalue weighted by Crippen LogP contribution is -2.61. The van der Waals surface area contributed by atoms with E-state index >= 15 is 0 Å². The predicted octanol–water partition coefficient (Wildman–Crippen LogP) is 2.86. The van der Waals surface area contributed by atoms with Crippen molar-refractivity contribution in [2.24, 2.45) is 23.7 Å². The van der Waals surface area contributed by atoms with Gasteiger partial charge in [0.05, 0.1) is 5.92 Å². The van der Waals surface area contributed by atoms with Crippen LogP contribution in [0.15, 0.2) is 12.2 Å². The largest absolute Gasteiger partial charge is 0.454 e. The molecule has 3 fully saturated rings. The summed E-state index contributed by atoms with van der Waals surface area (Å²) in [6.07, 6.45) is 3.39. The number of carbonyl (C=O) groups excluding carboxylic acids is 2. The third kappa shape index (κ3) is 1.95. The highest BCUT2D eigenvalue weighted by molar-refractivity contribution is 5.76. The summed E-state index contributed by atoms with van der Waals surface area (Å²) >= 11 is 0. The Morgan fingerprint density at radius 3 is 2.67 bits per heavy atom. The molecule has 4 heteroatoms. The quantitative estimate of drug-likeness (QED) is 0.551. The molecule has 0 unspecified atom stereocenters. The van der Waals surface area contributed by atoms with E-state index in [-0.39, 0.29) is 29.7 Å². The van der Waals surface area contributed by atoms with E-state index < -0.39 is 11.7 Å². The number of esters is 2. The van der Waals surface area contributed by atoms with Crippen molar-refractivity contribution >= 4 is 11.9 Å². The molecule has 0 radical (unpaired) electrons. The second-order valence-electron chi connectivity index (χ2n) is 7.02. The van der Waals surface area contributed by atoms with Crippen molar-refractivity contribution in [2.45, 2.75) is 58.2 Å². The Morgan fingerprint density at radius 2 is 2.00 bits per heavy atom. The van der Waals surface area contributed by atoms with Gasteiger partial charge in [-0.05, 0) is 37.2 Å². The summed E-state index contributed by atoms with van der Waals surface area (Å²) in [4.78, 5) is 23.8. The van der Waals surface area contributed by atoms with Gasteiger partial charge in [0.1, 0.15) is 0 Å². The molecular weight excluding hydrogens is 268 g/mol. The average molecular weight is 292 g/mol. The molecule has 0 aromatic heterocycles. The molecule has 1 aliphatic heterocycles. The summed E-state index contributed by atoms with van der Waals surface area (Å²) < 4.78 is 11.6. The topological polar surface area (TPSA) is 52.6 Å². The third-order valence-corrected chi connectivity index (χ3v) is 5.87. The van der Waals surface area contributed by atoms with Crippen LogP contribution >= 0.6 is 0 Å².